The number of nitrogens with zero attached hydrogens (tertiary/aromatic N) is 2. The second-order valence-corrected chi connectivity index (χ2v) is 13.6. The van der Waals surface area contributed by atoms with Gasteiger partial charge in [0, 0.05) is 12.8 Å². The molecule has 0 bridgehead atoms. The van der Waals surface area contributed by atoms with Crippen LogP contribution in [0.2, 0.25) is 0 Å². The number of nitrogens with one attached hydrogen (secondary N) is 2. The topological polar surface area (TPSA) is 138 Å². The largest absolute Gasteiger partial charge is 0.458 e. The molecule has 0 radical (unpaired) electrons. The molecule has 3 aromatic carbocycles. The van der Waals surface area contributed by atoms with Crippen molar-refractivity contribution in [3.8, 4) is 6.07 Å². The second kappa shape index (κ2) is 16.6. The fourth-order valence-corrected chi connectivity index (χ4v) is 5.08. The Kier molecular flexibility index (Phi) is 12.9. The molecule has 0 heterocycles. The summed E-state index contributed by atoms with van der Waals surface area (Å²) in [6, 6.07) is 23.7. The van der Waals surface area contributed by atoms with Gasteiger partial charge in [-0.15, -0.1) is 0 Å². The Bertz CT molecular complexity index is 1590. The van der Waals surface area contributed by atoms with Crippen molar-refractivity contribution < 1.29 is 28.7 Å². The summed E-state index contributed by atoms with van der Waals surface area (Å²) in [7, 11) is 0. The standard InChI is InChI=1S/C38H46N4O6/c1-26-16-14-15-21-29(26)32(33(43)40-31(35(45)47-37(2,3)4)25-28-19-12-9-13-20-28)42(23-22-39)34(44)30(24-27-17-10-8-11-18-27)41-36(46)48-38(5,6)7/h8-21,30-32H,23-25H2,1-7H3,(H,40,43)(H,41,46). The van der Waals surface area contributed by atoms with Gasteiger partial charge in [-0.25, -0.2) is 9.59 Å². The molecule has 3 amide bonds. The molecule has 48 heavy (non-hydrogen) atoms. The summed E-state index contributed by atoms with van der Waals surface area (Å²) < 4.78 is 11.1. The molecule has 0 spiro atoms. The molecule has 10 nitrogen and oxygen atoms in total. The third-order valence-corrected chi connectivity index (χ3v) is 7.13. The van der Waals surface area contributed by atoms with Gasteiger partial charge in [0.2, 0.25) is 11.8 Å². The molecule has 0 saturated heterocycles. The molecule has 3 aromatic rings. The van der Waals surface area contributed by atoms with Gasteiger partial charge in [0.1, 0.15) is 35.9 Å². The maximum Gasteiger partial charge on any atom is 0.408 e. The number of rotatable bonds is 12. The summed E-state index contributed by atoms with van der Waals surface area (Å²) in [5.74, 6) is -2.00. The number of hydrogen-bond acceptors (Lipinski definition) is 7. The zero-order valence-corrected chi connectivity index (χ0v) is 28.8. The van der Waals surface area contributed by atoms with Crippen molar-refractivity contribution in [2.75, 3.05) is 6.54 Å². The monoisotopic (exact) mass is 654 g/mol. The minimum absolute atomic E-state index is 0.0670. The summed E-state index contributed by atoms with van der Waals surface area (Å²) in [4.78, 5) is 56.5. The van der Waals surface area contributed by atoms with Gasteiger partial charge in [-0.3, -0.25) is 9.59 Å². The lowest BCUT2D eigenvalue weighted by atomic mass is 9.96. The molecule has 10 heteroatoms. The zero-order valence-electron chi connectivity index (χ0n) is 28.8. The van der Waals surface area contributed by atoms with Crippen molar-refractivity contribution in [1.29, 1.82) is 5.26 Å². The lowest BCUT2D eigenvalue weighted by Crippen LogP contribution is -2.55. The van der Waals surface area contributed by atoms with Crippen LogP contribution in [0, 0.1) is 18.3 Å². The highest BCUT2D eigenvalue weighted by molar-refractivity contribution is 5.94. The molecule has 3 unspecified atom stereocenters. The second-order valence-electron chi connectivity index (χ2n) is 13.6. The minimum atomic E-state index is -1.34. The number of esters is 1. The van der Waals surface area contributed by atoms with E-state index in [-0.39, 0.29) is 12.8 Å². The van der Waals surface area contributed by atoms with Crippen molar-refractivity contribution in [3.05, 3.63) is 107 Å². The smallest absolute Gasteiger partial charge is 0.408 e. The van der Waals surface area contributed by atoms with Crippen molar-refractivity contribution in [3.63, 3.8) is 0 Å². The predicted octanol–water partition coefficient (Wildman–Crippen LogP) is 5.59. The number of nitriles is 1. The lowest BCUT2D eigenvalue weighted by Gasteiger charge is -2.34. The third kappa shape index (κ3) is 11.6. The molecule has 0 aliphatic carbocycles. The van der Waals surface area contributed by atoms with Gasteiger partial charge in [0.25, 0.3) is 0 Å². The maximum absolute atomic E-state index is 14.5. The molecule has 3 atom stereocenters. The quantitative estimate of drug-likeness (QED) is 0.192. The van der Waals surface area contributed by atoms with Crippen molar-refractivity contribution in [2.45, 2.75) is 90.6 Å². The zero-order chi connectivity index (χ0) is 35.5. The average molecular weight is 655 g/mol. The highest BCUT2D eigenvalue weighted by Gasteiger charge is 2.39. The fraction of sp³-hybridized carbons (Fsp3) is 0.395. The molecule has 0 fully saturated rings. The van der Waals surface area contributed by atoms with Crippen LogP contribution in [0.3, 0.4) is 0 Å². The fourth-order valence-electron chi connectivity index (χ4n) is 5.08. The van der Waals surface area contributed by atoms with E-state index in [1.54, 1.807) is 72.7 Å². The van der Waals surface area contributed by atoms with E-state index >= 15 is 0 Å². The summed E-state index contributed by atoms with van der Waals surface area (Å²) in [5.41, 5.74) is 1.01. The molecule has 0 aliphatic rings. The van der Waals surface area contributed by atoms with Gasteiger partial charge in [-0.1, -0.05) is 84.9 Å². The van der Waals surface area contributed by atoms with Crippen LogP contribution in [0.25, 0.3) is 0 Å². The number of amides is 3. The Morgan fingerprint density at radius 3 is 1.73 bits per heavy atom. The predicted molar refractivity (Wildman–Crippen MR) is 182 cm³/mol. The van der Waals surface area contributed by atoms with Crippen LogP contribution >= 0.6 is 0 Å². The highest BCUT2D eigenvalue weighted by atomic mass is 16.6. The lowest BCUT2D eigenvalue weighted by molar-refractivity contribution is -0.159. The van der Waals surface area contributed by atoms with E-state index < -0.39 is 59.7 Å². The van der Waals surface area contributed by atoms with E-state index in [1.807, 2.05) is 66.7 Å². The van der Waals surface area contributed by atoms with E-state index in [0.29, 0.717) is 11.1 Å². The molecular weight excluding hydrogens is 608 g/mol. The van der Waals surface area contributed by atoms with Gasteiger partial charge in [-0.2, -0.15) is 5.26 Å². The van der Waals surface area contributed by atoms with E-state index in [1.165, 1.54) is 0 Å². The minimum Gasteiger partial charge on any atom is -0.458 e. The summed E-state index contributed by atoms with van der Waals surface area (Å²) in [6.45, 7) is 11.6. The van der Waals surface area contributed by atoms with Gasteiger partial charge in [-0.05, 0) is 70.7 Å². The summed E-state index contributed by atoms with van der Waals surface area (Å²) >= 11 is 0. The Morgan fingerprint density at radius 1 is 0.729 bits per heavy atom. The number of aryl methyl sites for hydroxylation is 1. The summed E-state index contributed by atoms with van der Waals surface area (Å²) in [5, 5.41) is 15.5. The molecule has 254 valence electrons. The van der Waals surface area contributed by atoms with Crippen molar-refractivity contribution in [1.82, 2.24) is 15.5 Å². The first-order valence-corrected chi connectivity index (χ1v) is 15.9. The molecule has 0 saturated carbocycles. The van der Waals surface area contributed by atoms with Crippen LogP contribution in [0.1, 0.15) is 69.8 Å². The molecule has 2 N–H and O–H groups in total. The van der Waals surface area contributed by atoms with Crippen molar-refractivity contribution in [2.24, 2.45) is 0 Å². The van der Waals surface area contributed by atoms with Crippen LogP contribution < -0.4 is 10.6 Å². The van der Waals surface area contributed by atoms with Crippen LogP contribution in [-0.2, 0) is 36.7 Å². The number of alkyl carbamates (subject to hydrolysis) is 1. The van der Waals surface area contributed by atoms with Gasteiger partial charge >= 0.3 is 12.1 Å². The molecule has 0 aromatic heterocycles. The van der Waals surface area contributed by atoms with Gasteiger partial charge in [0.05, 0.1) is 6.07 Å². The van der Waals surface area contributed by atoms with E-state index in [9.17, 15) is 24.4 Å². The van der Waals surface area contributed by atoms with Crippen LogP contribution in [0.15, 0.2) is 84.9 Å². The van der Waals surface area contributed by atoms with Crippen LogP contribution in [-0.4, -0.2) is 58.6 Å². The van der Waals surface area contributed by atoms with E-state index in [2.05, 4.69) is 10.6 Å². The Labute approximate surface area is 283 Å². The molecule has 3 rings (SSSR count). The highest BCUT2D eigenvalue weighted by Crippen LogP contribution is 2.27. The van der Waals surface area contributed by atoms with Crippen LogP contribution in [0.5, 0.6) is 0 Å². The normalized spacial score (nSPS) is 13.2. The van der Waals surface area contributed by atoms with Gasteiger partial charge < -0.3 is 25.0 Å². The average Bonchev–Trinajstić information content (AvgIpc) is 3.00. The SMILES string of the molecule is Cc1ccccc1C(C(=O)NC(Cc1ccccc1)C(=O)OC(C)(C)C)N(CC#N)C(=O)C(Cc1ccccc1)NC(=O)OC(C)(C)C. The first kappa shape index (κ1) is 37.3. The maximum atomic E-state index is 14.5. The first-order valence-electron chi connectivity index (χ1n) is 15.9. The first-order chi connectivity index (χ1) is 22.6. The van der Waals surface area contributed by atoms with Crippen LogP contribution in [0.4, 0.5) is 4.79 Å². The number of carbonyl (C=O) groups excluding carboxylic acids is 4. The molecule has 0 aliphatic heterocycles. The van der Waals surface area contributed by atoms with Gasteiger partial charge in [0.15, 0.2) is 0 Å². The Balaban J connectivity index is 2.08. The molecular formula is C38H46N4O6. The number of ether oxygens (including phenoxy) is 2. The number of carbonyl (C=O) groups is 4. The Hall–Kier alpha value is -5.17. The third-order valence-electron chi connectivity index (χ3n) is 7.13. The van der Waals surface area contributed by atoms with E-state index in [0.717, 1.165) is 16.0 Å². The number of hydrogen-bond donors (Lipinski definition) is 2. The Morgan fingerprint density at radius 2 is 1.23 bits per heavy atom. The number of benzene rings is 3. The van der Waals surface area contributed by atoms with Crippen molar-refractivity contribution >= 4 is 23.9 Å². The summed E-state index contributed by atoms with van der Waals surface area (Å²) in [6.07, 6.45) is -0.624. The van der Waals surface area contributed by atoms with E-state index in [4.69, 9.17) is 9.47 Å².